The second kappa shape index (κ2) is 43.3. The average molecular weight is 2650 g/mol. The largest absolute Gasteiger partial charge is 2.00 e. The normalized spacial score (nSPS) is 15.5. The summed E-state index contributed by atoms with van der Waals surface area (Å²) in [5, 5.41) is 15.4. The van der Waals surface area contributed by atoms with Crippen LogP contribution in [-0.2, 0) is 84.3 Å². The summed E-state index contributed by atoms with van der Waals surface area (Å²) in [6.07, 6.45) is 11.1. The van der Waals surface area contributed by atoms with Crippen molar-refractivity contribution in [2.24, 2.45) is 0 Å². The monoisotopic (exact) mass is 2650 g/mol. The van der Waals surface area contributed by atoms with Crippen LogP contribution < -0.4 is 81.7 Å². The molecule has 20 aromatic rings. The molecule has 4 aliphatic rings. The van der Waals surface area contributed by atoms with E-state index in [9.17, 15) is 0 Å². The van der Waals surface area contributed by atoms with Gasteiger partial charge in [0.15, 0.2) is 0 Å². The van der Waals surface area contributed by atoms with E-state index in [4.69, 9.17) is 38.9 Å². The first-order chi connectivity index (χ1) is 68.1. The molecule has 0 aliphatic carbocycles. The van der Waals surface area contributed by atoms with E-state index in [1.165, 1.54) is 130 Å². The van der Waals surface area contributed by atoms with Gasteiger partial charge >= 0.3 is 84.3 Å². The van der Waals surface area contributed by atoms with Crippen LogP contribution in [0.2, 0.25) is 26.2 Å². The van der Waals surface area contributed by atoms with Gasteiger partial charge in [0.25, 0.3) is 0 Å². The third-order valence-electron chi connectivity index (χ3n) is 27.3. The molecule has 12 nitrogen and oxygen atoms in total. The summed E-state index contributed by atoms with van der Waals surface area (Å²) in [4.78, 5) is 37.1. The summed E-state index contributed by atoms with van der Waals surface area (Å²) in [6, 6.07) is 142. The summed E-state index contributed by atoms with van der Waals surface area (Å²) in [6.45, 7) is 26.2. The average Bonchev–Trinajstić information content (AvgIpc) is 1.57. The molecule has 0 saturated heterocycles. The van der Waals surface area contributed by atoms with Crippen LogP contribution in [0.25, 0.3) is 89.0 Å². The topological polar surface area (TPSA) is 140 Å². The minimum absolute atomic E-state index is 0. The number of rotatable bonds is 16. The Balaban J connectivity index is 0.000000130. The maximum absolute atomic E-state index is 6.01. The van der Waals surface area contributed by atoms with Gasteiger partial charge < -0.3 is 18.9 Å². The SMILES string of the molecule is Cc1ccc(Oc2[c-]c(-c3[c-]c4c(cc3)-c3ccccc3[Si]4(C)c3cc(C)ccn3)ccc2)nc1.Cc1ccc([Si]2(C)c3[c-]c(-c4[c-]c(Oc5ccccn5)ccc4)ccc3-c3ccccc32)nc1C.Cc1ccnc(Oc2[c-]c(-c3[c-]c4c(cc3)-c3ccccc3[Si]4(C)c3cc(C)ccn3)ccc2)c1.Cc1ccnc([Si]2(C)c3[c-]c(-c4[c-]c(Oc5cccc(C)n5)ccc4)ccc3-c3ccccc32)c1.[Pt+2].[Pt+2].[Pt+2].[Pt+2]. The fraction of sp³-hybridized carbons (Fsp3) is 0.0968. The van der Waals surface area contributed by atoms with Crippen molar-refractivity contribution in [1.29, 1.82) is 0 Å². The van der Waals surface area contributed by atoms with Crippen molar-refractivity contribution >= 4 is 95.1 Å². The fourth-order valence-corrected chi connectivity index (χ4v) is 35.7. The summed E-state index contributed by atoms with van der Waals surface area (Å²) < 4.78 is 23.9. The third-order valence-corrected chi connectivity index (χ3v) is 44.1. The van der Waals surface area contributed by atoms with Crippen LogP contribution >= 0.6 is 0 Å². The van der Waals surface area contributed by atoms with Crippen LogP contribution in [-0.4, -0.2) is 72.2 Å². The van der Waals surface area contributed by atoms with Gasteiger partial charge in [0.05, 0.1) is 0 Å². The molecule has 4 atom stereocenters. The van der Waals surface area contributed by atoms with Gasteiger partial charge in [-0.05, 0) is 149 Å². The Morgan fingerprint density at radius 3 is 0.882 bits per heavy atom. The quantitative estimate of drug-likeness (QED) is 0.0672. The number of aryl methyl sites for hydroxylation is 8. The molecule has 0 saturated carbocycles. The van der Waals surface area contributed by atoms with Gasteiger partial charge in [0.2, 0.25) is 23.5 Å². The standard InChI is InChI=1S/4C31H24N2OSi.4Pt/c1-21-16-17-32-31(18-21)35(3)28-12-5-4-11-26(28)27-15-14-24(20-29(27)35)23-9-7-10-25(19-23)34-30-13-6-8-22(2)33-30;1-21-14-17-31(33-22(21)2)35(3)28-12-5-4-11-26(28)27-16-15-24(20-29(27)35)23-9-8-10-25(19-23)34-30-13-6-7-18-32-30;1-21-15-16-32-31(17-21)35(3)28-10-5-4-9-26(28)27-13-12-24(19-29(27)35)23-7-6-8-25(18-23)34-30-14-11-22(2)20-33-30;1-21-13-15-32-30(17-21)34-25-8-6-7-23(19-25)24-11-12-27-26-9-4-5-10-28(26)35(3,29(27)20-24)31-18-22(2)14-16-33-31;;;;/h2*4-18H,1-3H3;4-17,20H,1-3H3;4-18H,1-3H3;;;;/q4*-2;4*+2. The van der Waals surface area contributed by atoms with Gasteiger partial charge in [-0.1, -0.05) is 191 Å². The third kappa shape index (κ3) is 20.0. The number of hydrogen-bond acceptors (Lipinski definition) is 12. The Morgan fingerprint density at radius 2 is 0.535 bits per heavy atom. The van der Waals surface area contributed by atoms with Crippen molar-refractivity contribution < 1.29 is 103 Å². The molecular weight excluding hydrogens is 2560 g/mol. The predicted molar refractivity (Wildman–Crippen MR) is 574 cm³/mol. The molecule has 0 spiro atoms. The van der Waals surface area contributed by atoms with Gasteiger partial charge in [-0.25, -0.2) is 64.4 Å². The number of fused-ring (bicyclic) bond motifs is 12. The van der Waals surface area contributed by atoms with Gasteiger partial charge in [-0.3, -0.25) is 19.9 Å². The van der Waals surface area contributed by atoms with Crippen LogP contribution in [0.5, 0.6) is 46.5 Å². The van der Waals surface area contributed by atoms with E-state index < -0.39 is 32.3 Å². The van der Waals surface area contributed by atoms with Crippen LogP contribution in [0.3, 0.4) is 0 Å². The summed E-state index contributed by atoms with van der Waals surface area (Å²) >= 11 is 0. The van der Waals surface area contributed by atoms with Crippen LogP contribution in [0, 0.1) is 104 Å². The molecule has 24 rings (SSSR count). The Bertz CT molecular complexity index is 7970. The molecule has 8 aromatic heterocycles. The summed E-state index contributed by atoms with van der Waals surface area (Å²) in [5.41, 5.74) is 27.2. The molecule has 0 amide bonds. The first-order valence-corrected chi connectivity index (χ1v) is 57.0. The molecule has 12 heterocycles. The molecule has 0 N–H and O–H groups in total. The second-order valence-electron chi connectivity index (χ2n) is 36.8. The minimum Gasteiger partial charge on any atom is -0.460 e. The molecule has 0 bridgehead atoms. The van der Waals surface area contributed by atoms with Crippen molar-refractivity contribution in [2.45, 2.75) is 81.6 Å². The number of hydrogen-bond donors (Lipinski definition) is 0. The van der Waals surface area contributed by atoms with E-state index in [1.807, 2.05) is 149 Å². The first-order valence-electron chi connectivity index (χ1n) is 47.0. The molecular formula is C124H96N8O4Pt4Si4. The Morgan fingerprint density at radius 1 is 0.215 bits per heavy atom. The molecule has 0 fully saturated rings. The van der Waals surface area contributed by atoms with E-state index in [1.54, 1.807) is 18.6 Å². The number of aromatic nitrogens is 8. The van der Waals surface area contributed by atoms with E-state index >= 15 is 0 Å². The van der Waals surface area contributed by atoms with Crippen molar-refractivity contribution in [3.8, 4) is 136 Å². The van der Waals surface area contributed by atoms with E-state index in [0.717, 1.165) is 67.0 Å². The van der Waals surface area contributed by atoms with Crippen LogP contribution in [0.4, 0.5) is 0 Å². The van der Waals surface area contributed by atoms with E-state index in [0.29, 0.717) is 46.5 Å². The zero-order valence-corrected chi connectivity index (χ0v) is 94.2. The molecule has 4 unspecified atom stereocenters. The van der Waals surface area contributed by atoms with Gasteiger partial charge in [-0.2, -0.15) is 97.1 Å². The van der Waals surface area contributed by atoms with Gasteiger partial charge in [-0.15, -0.1) is 116 Å². The van der Waals surface area contributed by atoms with Crippen molar-refractivity contribution in [3.63, 3.8) is 0 Å². The zero-order valence-electron chi connectivity index (χ0n) is 81.1. The van der Waals surface area contributed by atoms with E-state index in [-0.39, 0.29) is 84.3 Å². The number of nitrogens with zero attached hydrogens (tertiary/aromatic N) is 8. The zero-order chi connectivity index (χ0) is 96.0. The molecule has 4 aliphatic heterocycles. The van der Waals surface area contributed by atoms with Gasteiger partial charge in [0.1, 0.15) is 32.3 Å². The Hall–Kier alpha value is -13.3. The molecule has 712 valence electrons. The van der Waals surface area contributed by atoms with Crippen molar-refractivity contribution in [1.82, 2.24) is 39.9 Å². The van der Waals surface area contributed by atoms with Gasteiger partial charge in [0, 0.05) is 117 Å². The summed E-state index contributed by atoms with van der Waals surface area (Å²) in [7, 11) is -9.22. The van der Waals surface area contributed by atoms with Crippen LogP contribution in [0.15, 0.2) is 365 Å². The molecule has 144 heavy (non-hydrogen) atoms. The smallest absolute Gasteiger partial charge is 0.460 e. The Labute approximate surface area is 904 Å². The minimum atomic E-state index is -2.32. The maximum atomic E-state index is 6.01. The number of ether oxygens (including phenoxy) is 4. The summed E-state index contributed by atoms with van der Waals surface area (Å²) in [5.74, 6) is 4.79. The second-order valence-corrected chi connectivity index (χ2v) is 52.0. The van der Waals surface area contributed by atoms with Crippen molar-refractivity contribution in [2.75, 3.05) is 0 Å². The Kier molecular flexibility index (Phi) is 30.7. The fourth-order valence-electron chi connectivity index (χ4n) is 19.8. The van der Waals surface area contributed by atoms with Crippen LogP contribution in [0.1, 0.15) is 44.8 Å². The molecule has 12 aromatic carbocycles. The molecule has 20 heteroatoms. The van der Waals surface area contributed by atoms with E-state index in [2.05, 4.69) is 348 Å². The first kappa shape index (κ1) is 102. The molecule has 0 radical (unpaired) electrons. The number of pyridine rings is 8. The maximum Gasteiger partial charge on any atom is 2.00 e. The van der Waals surface area contributed by atoms with Crippen molar-refractivity contribution in [3.05, 3.63) is 458 Å². The predicted octanol–water partition coefficient (Wildman–Crippen LogP) is 20.9. The number of benzene rings is 12.